The van der Waals surface area contributed by atoms with Gasteiger partial charge in [0.2, 0.25) is 6.79 Å². The zero-order valence-electron chi connectivity index (χ0n) is 12.9. The molecule has 1 aromatic carbocycles. The molecule has 0 bridgehead atoms. The van der Waals surface area contributed by atoms with E-state index in [1.807, 2.05) is 18.2 Å². The molecule has 6 nitrogen and oxygen atoms in total. The molecule has 2 unspecified atom stereocenters. The van der Waals surface area contributed by atoms with Crippen LogP contribution in [0.15, 0.2) is 30.0 Å². The molecule has 2 N–H and O–H groups in total. The molecular weight excluding hydrogens is 300 g/mol. The summed E-state index contributed by atoms with van der Waals surface area (Å²) in [7, 11) is 1.40. The second-order valence-corrected chi connectivity index (χ2v) is 5.91. The first-order chi connectivity index (χ1) is 11.0. The van der Waals surface area contributed by atoms with Crippen molar-refractivity contribution in [2.45, 2.75) is 37.4 Å². The Labute approximate surface area is 134 Å². The van der Waals surface area contributed by atoms with Crippen LogP contribution in [0.25, 0.3) is 0 Å². The van der Waals surface area contributed by atoms with Crippen molar-refractivity contribution in [3.8, 4) is 11.5 Å². The van der Waals surface area contributed by atoms with Crippen molar-refractivity contribution in [2.24, 2.45) is 0 Å². The van der Waals surface area contributed by atoms with Crippen LogP contribution in [-0.4, -0.2) is 41.6 Å². The van der Waals surface area contributed by atoms with Gasteiger partial charge in [0.25, 0.3) is 0 Å². The lowest BCUT2D eigenvalue weighted by atomic mass is 9.81. The predicted molar refractivity (Wildman–Crippen MR) is 81.2 cm³/mol. The van der Waals surface area contributed by atoms with Gasteiger partial charge in [-0.25, -0.2) is 0 Å². The first-order valence-electron chi connectivity index (χ1n) is 7.61. The number of carbonyl (C=O) groups excluding carboxylic acids is 1. The summed E-state index contributed by atoms with van der Waals surface area (Å²) in [6, 6.07) is 5.71. The number of aliphatic hydroxyl groups is 2. The molecule has 1 aliphatic heterocycles. The molecule has 0 saturated heterocycles. The third kappa shape index (κ3) is 3.18. The normalized spacial score (nSPS) is 26.1. The first kappa shape index (κ1) is 15.8. The molecule has 0 amide bonds. The number of rotatable bonds is 5. The van der Waals surface area contributed by atoms with Crippen LogP contribution in [0.5, 0.6) is 11.5 Å². The van der Waals surface area contributed by atoms with E-state index in [0.717, 1.165) is 17.1 Å². The van der Waals surface area contributed by atoms with Gasteiger partial charge in [-0.1, -0.05) is 6.07 Å². The molecule has 1 heterocycles. The van der Waals surface area contributed by atoms with E-state index in [-0.39, 0.29) is 25.4 Å². The minimum Gasteiger partial charge on any atom is -0.498 e. The number of hydrogen-bond donors (Lipinski definition) is 2. The second kappa shape index (κ2) is 6.22. The standard InChI is InChI=1S/C17H20O6/c1-21-14-8-16(19)17(20,9-12(14)18)6-2-3-11-4-5-13-15(7-11)23-10-22-13/h4-5,7-8,12,18,20H,2-3,6,9-10H2,1H3. The molecule has 3 rings (SSSR count). The minimum absolute atomic E-state index is 0.0351. The van der Waals surface area contributed by atoms with E-state index in [1.54, 1.807) is 0 Å². The van der Waals surface area contributed by atoms with E-state index in [9.17, 15) is 15.0 Å². The average Bonchev–Trinajstić information content (AvgIpc) is 2.98. The van der Waals surface area contributed by atoms with Crippen molar-refractivity contribution in [3.63, 3.8) is 0 Å². The quantitative estimate of drug-likeness (QED) is 0.851. The van der Waals surface area contributed by atoms with Gasteiger partial charge in [0.1, 0.15) is 17.5 Å². The Kier molecular flexibility index (Phi) is 4.28. The number of ketones is 1. The van der Waals surface area contributed by atoms with E-state index in [2.05, 4.69) is 0 Å². The number of carbonyl (C=O) groups is 1. The summed E-state index contributed by atoms with van der Waals surface area (Å²) in [6.45, 7) is 0.235. The highest BCUT2D eigenvalue weighted by atomic mass is 16.7. The Morgan fingerprint density at radius 2 is 2.13 bits per heavy atom. The van der Waals surface area contributed by atoms with Crippen LogP contribution in [0.4, 0.5) is 0 Å². The van der Waals surface area contributed by atoms with Crippen molar-refractivity contribution in [3.05, 3.63) is 35.6 Å². The van der Waals surface area contributed by atoms with Crippen molar-refractivity contribution in [1.29, 1.82) is 0 Å². The van der Waals surface area contributed by atoms with Crippen LogP contribution in [-0.2, 0) is 16.0 Å². The molecule has 124 valence electrons. The molecule has 0 spiro atoms. The lowest BCUT2D eigenvalue weighted by Gasteiger charge is -2.32. The minimum atomic E-state index is -1.53. The zero-order chi connectivity index (χ0) is 16.4. The van der Waals surface area contributed by atoms with Crippen LogP contribution >= 0.6 is 0 Å². The largest absolute Gasteiger partial charge is 0.498 e. The van der Waals surface area contributed by atoms with Gasteiger partial charge < -0.3 is 24.4 Å². The van der Waals surface area contributed by atoms with E-state index < -0.39 is 17.5 Å². The number of methoxy groups -OCH3 is 1. The van der Waals surface area contributed by atoms with Gasteiger partial charge in [0, 0.05) is 12.5 Å². The van der Waals surface area contributed by atoms with Crippen LogP contribution < -0.4 is 9.47 Å². The number of hydrogen-bond acceptors (Lipinski definition) is 6. The average molecular weight is 320 g/mol. The van der Waals surface area contributed by atoms with E-state index in [4.69, 9.17) is 14.2 Å². The fourth-order valence-electron chi connectivity index (χ4n) is 2.98. The van der Waals surface area contributed by atoms with Gasteiger partial charge >= 0.3 is 0 Å². The molecule has 0 aromatic heterocycles. The lowest BCUT2D eigenvalue weighted by molar-refractivity contribution is -0.138. The number of benzene rings is 1. The molecule has 2 atom stereocenters. The molecule has 0 radical (unpaired) electrons. The molecule has 23 heavy (non-hydrogen) atoms. The highest BCUT2D eigenvalue weighted by Gasteiger charge is 2.41. The van der Waals surface area contributed by atoms with Gasteiger partial charge in [-0.05, 0) is 37.0 Å². The Bertz CT molecular complexity index is 638. The summed E-state index contributed by atoms with van der Waals surface area (Å²) in [5.74, 6) is 1.24. The third-order valence-electron chi connectivity index (χ3n) is 4.32. The second-order valence-electron chi connectivity index (χ2n) is 5.91. The summed E-state index contributed by atoms with van der Waals surface area (Å²) in [4.78, 5) is 12.1. The monoisotopic (exact) mass is 320 g/mol. The predicted octanol–water partition coefficient (Wildman–Crippen LogP) is 1.33. The molecule has 2 aliphatic rings. The van der Waals surface area contributed by atoms with E-state index >= 15 is 0 Å². The van der Waals surface area contributed by atoms with Crippen molar-refractivity contribution < 1.29 is 29.2 Å². The number of ether oxygens (including phenoxy) is 3. The molecule has 1 aromatic rings. The summed E-state index contributed by atoms with van der Waals surface area (Å²) >= 11 is 0. The summed E-state index contributed by atoms with van der Waals surface area (Å²) in [5, 5.41) is 20.4. The fraction of sp³-hybridized carbons (Fsp3) is 0.471. The van der Waals surface area contributed by atoms with Crippen LogP contribution in [0, 0.1) is 0 Å². The molecule has 0 fully saturated rings. The highest BCUT2D eigenvalue weighted by molar-refractivity contribution is 5.98. The van der Waals surface area contributed by atoms with Crippen LogP contribution in [0.3, 0.4) is 0 Å². The van der Waals surface area contributed by atoms with Gasteiger partial charge in [0.15, 0.2) is 17.3 Å². The summed E-state index contributed by atoms with van der Waals surface area (Å²) < 4.78 is 15.5. The Morgan fingerprint density at radius 3 is 2.91 bits per heavy atom. The fourth-order valence-corrected chi connectivity index (χ4v) is 2.98. The first-order valence-corrected chi connectivity index (χ1v) is 7.61. The molecule has 6 heteroatoms. The van der Waals surface area contributed by atoms with Gasteiger partial charge in [0.05, 0.1) is 7.11 Å². The maximum Gasteiger partial charge on any atom is 0.231 e. The topological polar surface area (TPSA) is 85.2 Å². The van der Waals surface area contributed by atoms with E-state index in [0.29, 0.717) is 12.8 Å². The van der Waals surface area contributed by atoms with Gasteiger partial charge in [-0.2, -0.15) is 0 Å². The number of aryl methyl sites for hydroxylation is 1. The summed E-state index contributed by atoms with van der Waals surface area (Å²) in [6.07, 6.45) is 1.80. The molecule has 1 aliphatic carbocycles. The lowest BCUT2D eigenvalue weighted by Crippen LogP contribution is -2.45. The van der Waals surface area contributed by atoms with Crippen LogP contribution in [0.1, 0.15) is 24.8 Å². The van der Waals surface area contributed by atoms with Crippen LogP contribution in [0.2, 0.25) is 0 Å². The smallest absolute Gasteiger partial charge is 0.231 e. The van der Waals surface area contributed by atoms with Gasteiger partial charge in [-0.3, -0.25) is 4.79 Å². The van der Waals surface area contributed by atoms with Crippen molar-refractivity contribution >= 4 is 5.78 Å². The maximum atomic E-state index is 12.1. The van der Waals surface area contributed by atoms with Gasteiger partial charge in [-0.15, -0.1) is 0 Å². The summed E-state index contributed by atoms with van der Waals surface area (Å²) in [5.41, 5.74) is -0.479. The Balaban J connectivity index is 1.60. The Morgan fingerprint density at radius 1 is 1.35 bits per heavy atom. The van der Waals surface area contributed by atoms with Crippen molar-refractivity contribution in [2.75, 3.05) is 13.9 Å². The number of fused-ring (bicyclic) bond motifs is 1. The Hall–Kier alpha value is -2.05. The number of aliphatic hydroxyl groups excluding tert-OH is 1. The maximum absolute atomic E-state index is 12.1. The highest BCUT2D eigenvalue weighted by Crippen LogP contribution is 2.34. The molecule has 0 saturated carbocycles. The van der Waals surface area contributed by atoms with Crippen molar-refractivity contribution in [1.82, 2.24) is 0 Å². The molecular formula is C17H20O6. The SMILES string of the molecule is COC1=CC(=O)C(O)(CCCc2ccc3c(c2)OCO3)CC1O. The third-order valence-corrected chi connectivity index (χ3v) is 4.32. The zero-order valence-corrected chi connectivity index (χ0v) is 12.9. The van der Waals surface area contributed by atoms with E-state index in [1.165, 1.54) is 13.2 Å².